The zero-order chi connectivity index (χ0) is 20.1. The van der Waals surface area contributed by atoms with Crippen molar-refractivity contribution in [3.8, 4) is 0 Å². The van der Waals surface area contributed by atoms with Crippen LogP contribution in [0.4, 0.5) is 11.4 Å². The van der Waals surface area contributed by atoms with E-state index in [1.54, 1.807) is 47.4 Å². The van der Waals surface area contributed by atoms with Crippen LogP contribution in [-0.2, 0) is 9.59 Å². The van der Waals surface area contributed by atoms with Crippen molar-refractivity contribution in [2.45, 2.75) is 11.7 Å². The molecule has 1 heterocycles. The quantitative estimate of drug-likeness (QED) is 0.577. The minimum atomic E-state index is -0.526. The van der Waals surface area contributed by atoms with E-state index < -0.39 is 5.25 Å². The molecule has 1 aliphatic heterocycles. The standard InChI is InChI=1S/C20H17BrClN3O2S/c1-2-11-25-19(27)17(12-18(26)23-15-7-3-13(21)4-8-15)28-20(25)24-16-9-5-14(22)6-10-16/h2-10,17H,1,11-12H2,(H,23,26)/t17-/m0/s1. The van der Waals surface area contributed by atoms with Crippen molar-refractivity contribution in [3.63, 3.8) is 0 Å². The molecule has 144 valence electrons. The van der Waals surface area contributed by atoms with Crippen molar-refractivity contribution in [1.82, 2.24) is 4.90 Å². The van der Waals surface area contributed by atoms with E-state index in [1.807, 2.05) is 12.1 Å². The van der Waals surface area contributed by atoms with Crippen LogP contribution in [0.25, 0.3) is 0 Å². The molecule has 2 amide bonds. The molecule has 1 N–H and O–H groups in total. The first kappa shape index (κ1) is 20.6. The van der Waals surface area contributed by atoms with E-state index in [1.165, 1.54) is 11.8 Å². The number of thioether (sulfide) groups is 1. The maximum atomic E-state index is 12.8. The Kier molecular flexibility index (Phi) is 6.93. The minimum Gasteiger partial charge on any atom is -0.326 e. The molecule has 28 heavy (non-hydrogen) atoms. The van der Waals surface area contributed by atoms with Gasteiger partial charge in [0, 0.05) is 28.1 Å². The number of hydrogen-bond donors (Lipinski definition) is 1. The predicted octanol–water partition coefficient (Wildman–Crippen LogP) is 5.25. The second kappa shape index (κ2) is 9.41. The lowest BCUT2D eigenvalue weighted by molar-refractivity contribution is -0.127. The van der Waals surface area contributed by atoms with E-state index in [-0.39, 0.29) is 18.2 Å². The molecule has 0 radical (unpaired) electrons. The third-order valence-corrected chi connectivity index (χ3v) is 5.84. The highest BCUT2D eigenvalue weighted by Crippen LogP contribution is 2.32. The van der Waals surface area contributed by atoms with E-state index in [4.69, 9.17) is 11.6 Å². The predicted molar refractivity (Wildman–Crippen MR) is 119 cm³/mol. The number of carbonyl (C=O) groups excluding carboxylic acids is 2. The molecular weight excluding hydrogens is 462 g/mol. The highest BCUT2D eigenvalue weighted by atomic mass is 79.9. The summed E-state index contributed by atoms with van der Waals surface area (Å²) in [5, 5.41) is 3.45. The fourth-order valence-corrected chi connectivity index (χ4v) is 4.12. The van der Waals surface area contributed by atoms with Crippen LogP contribution in [0.15, 0.2) is 70.7 Å². The smallest absolute Gasteiger partial charge is 0.242 e. The lowest BCUT2D eigenvalue weighted by Crippen LogP contribution is -2.33. The maximum Gasteiger partial charge on any atom is 0.242 e. The van der Waals surface area contributed by atoms with Crippen LogP contribution in [-0.4, -0.2) is 33.7 Å². The van der Waals surface area contributed by atoms with Gasteiger partial charge in [0.25, 0.3) is 0 Å². The molecule has 0 saturated carbocycles. The van der Waals surface area contributed by atoms with Crippen LogP contribution in [0, 0.1) is 0 Å². The van der Waals surface area contributed by atoms with Crippen molar-refractivity contribution >= 4 is 67.6 Å². The summed E-state index contributed by atoms with van der Waals surface area (Å²) in [5.74, 6) is -0.372. The monoisotopic (exact) mass is 477 g/mol. The van der Waals surface area contributed by atoms with E-state index in [9.17, 15) is 9.59 Å². The zero-order valence-corrected chi connectivity index (χ0v) is 17.9. The van der Waals surface area contributed by atoms with Gasteiger partial charge in [-0.3, -0.25) is 14.5 Å². The fourth-order valence-electron chi connectivity index (χ4n) is 2.56. The lowest BCUT2D eigenvalue weighted by atomic mass is 10.2. The van der Waals surface area contributed by atoms with Gasteiger partial charge >= 0.3 is 0 Å². The molecule has 1 aliphatic rings. The normalized spacial score (nSPS) is 17.8. The van der Waals surface area contributed by atoms with Crippen molar-refractivity contribution in [1.29, 1.82) is 0 Å². The van der Waals surface area contributed by atoms with E-state index in [2.05, 4.69) is 32.8 Å². The van der Waals surface area contributed by atoms with Crippen molar-refractivity contribution in [2.24, 2.45) is 4.99 Å². The zero-order valence-electron chi connectivity index (χ0n) is 14.8. The van der Waals surface area contributed by atoms with E-state index >= 15 is 0 Å². The first-order valence-corrected chi connectivity index (χ1v) is 10.5. The highest BCUT2D eigenvalue weighted by Gasteiger charge is 2.38. The number of benzene rings is 2. The summed E-state index contributed by atoms with van der Waals surface area (Å²) < 4.78 is 0.926. The number of amidine groups is 1. The summed E-state index contributed by atoms with van der Waals surface area (Å²) >= 11 is 10.5. The van der Waals surface area contributed by atoms with Gasteiger partial charge in [0.05, 0.1) is 5.69 Å². The third kappa shape index (κ3) is 5.25. The lowest BCUT2D eigenvalue weighted by Gasteiger charge is -2.13. The number of rotatable bonds is 6. The first-order chi connectivity index (χ1) is 13.5. The molecule has 2 aromatic rings. The molecule has 1 atom stereocenters. The Morgan fingerprint density at radius 3 is 2.57 bits per heavy atom. The number of amides is 2. The first-order valence-electron chi connectivity index (χ1n) is 8.45. The van der Waals surface area contributed by atoms with Gasteiger partial charge in [-0.05, 0) is 48.5 Å². The van der Waals surface area contributed by atoms with Crippen LogP contribution in [0.1, 0.15) is 6.42 Å². The maximum absolute atomic E-state index is 12.8. The fraction of sp³-hybridized carbons (Fsp3) is 0.150. The molecule has 0 aliphatic carbocycles. The summed E-state index contributed by atoms with van der Waals surface area (Å²) in [6.07, 6.45) is 1.70. The van der Waals surface area contributed by atoms with Crippen LogP contribution >= 0.6 is 39.3 Å². The molecule has 1 fully saturated rings. The number of nitrogens with one attached hydrogen (secondary N) is 1. The Morgan fingerprint density at radius 1 is 1.25 bits per heavy atom. The van der Waals surface area contributed by atoms with Crippen LogP contribution in [0.3, 0.4) is 0 Å². The Morgan fingerprint density at radius 2 is 1.93 bits per heavy atom. The van der Waals surface area contributed by atoms with Crippen molar-refractivity contribution in [2.75, 3.05) is 11.9 Å². The van der Waals surface area contributed by atoms with E-state index in [0.717, 1.165) is 4.47 Å². The number of nitrogens with zero attached hydrogens (tertiary/aromatic N) is 2. The molecule has 3 rings (SSSR count). The largest absolute Gasteiger partial charge is 0.326 e. The highest BCUT2D eigenvalue weighted by molar-refractivity contribution is 9.10. The van der Waals surface area contributed by atoms with Gasteiger partial charge in [0.1, 0.15) is 5.25 Å². The number of anilines is 1. The minimum absolute atomic E-state index is 0.0623. The number of halogens is 2. The number of aliphatic imine (C=N–C) groups is 1. The molecule has 2 aromatic carbocycles. The molecule has 0 bridgehead atoms. The SMILES string of the molecule is C=CCN1C(=O)[C@H](CC(=O)Nc2ccc(Br)cc2)SC1=Nc1ccc(Cl)cc1. The summed E-state index contributed by atoms with van der Waals surface area (Å²) in [6, 6.07) is 14.3. The summed E-state index contributed by atoms with van der Waals surface area (Å²) in [5.41, 5.74) is 1.37. The van der Waals surface area contributed by atoms with Gasteiger partial charge in [-0.1, -0.05) is 45.4 Å². The van der Waals surface area contributed by atoms with Gasteiger partial charge in [-0.15, -0.1) is 6.58 Å². The van der Waals surface area contributed by atoms with Crippen LogP contribution in [0.2, 0.25) is 5.02 Å². The average molecular weight is 479 g/mol. The van der Waals surface area contributed by atoms with Gasteiger partial charge < -0.3 is 5.32 Å². The van der Waals surface area contributed by atoms with Crippen molar-refractivity contribution in [3.05, 3.63) is 70.7 Å². The Labute approximate surface area is 181 Å². The molecule has 8 heteroatoms. The molecule has 0 aromatic heterocycles. The van der Waals surface area contributed by atoms with Gasteiger partial charge in [0.2, 0.25) is 11.8 Å². The van der Waals surface area contributed by atoms with Gasteiger partial charge in [0.15, 0.2) is 5.17 Å². The molecule has 5 nitrogen and oxygen atoms in total. The Balaban J connectivity index is 1.72. The van der Waals surface area contributed by atoms with Gasteiger partial charge in [-0.25, -0.2) is 4.99 Å². The Hall–Kier alpha value is -2.09. The van der Waals surface area contributed by atoms with Gasteiger partial charge in [-0.2, -0.15) is 0 Å². The van der Waals surface area contributed by atoms with Crippen LogP contribution < -0.4 is 5.32 Å². The Bertz CT molecular complexity index is 916. The topological polar surface area (TPSA) is 61.8 Å². The summed E-state index contributed by atoms with van der Waals surface area (Å²) in [7, 11) is 0. The second-order valence-corrected chi connectivity index (χ2v) is 8.50. The van der Waals surface area contributed by atoms with E-state index in [0.29, 0.717) is 28.1 Å². The summed E-state index contributed by atoms with van der Waals surface area (Å²) in [6.45, 7) is 4.04. The number of carbonyl (C=O) groups is 2. The molecule has 1 saturated heterocycles. The molecule has 0 unspecified atom stereocenters. The van der Waals surface area contributed by atoms with Crippen molar-refractivity contribution < 1.29 is 9.59 Å². The number of hydrogen-bond acceptors (Lipinski definition) is 4. The molecular formula is C20H17BrClN3O2S. The second-order valence-electron chi connectivity index (χ2n) is 5.97. The van der Waals surface area contributed by atoms with Crippen LogP contribution in [0.5, 0.6) is 0 Å². The third-order valence-electron chi connectivity index (χ3n) is 3.88. The summed E-state index contributed by atoms with van der Waals surface area (Å²) in [4.78, 5) is 31.2. The average Bonchev–Trinajstić information content (AvgIpc) is 2.94. The molecule has 0 spiro atoms.